The van der Waals surface area contributed by atoms with Crippen LogP contribution in [-0.2, 0) is 6.42 Å². The lowest BCUT2D eigenvalue weighted by Gasteiger charge is -2.32. The molecule has 2 N–H and O–H groups in total. The molecule has 2 aliphatic rings. The lowest BCUT2D eigenvalue weighted by atomic mass is 10.2. The normalized spacial score (nSPS) is 23.1. The molecular formula is C14H24ClN5O. The zero-order valence-corrected chi connectivity index (χ0v) is 13.3. The van der Waals surface area contributed by atoms with Crippen LogP contribution in [0.1, 0.15) is 29.5 Å². The molecule has 1 atom stereocenters. The van der Waals surface area contributed by atoms with Crippen LogP contribution < -0.4 is 5.32 Å². The first-order chi connectivity index (χ1) is 9.78. The van der Waals surface area contributed by atoms with Crippen LogP contribution in [0.2, 0.25) is 0 Å². The summed E-state index contributed by atoms with van der Waals surface area (Å²) in [7, 11) is 0. The molecule has 2 aliphatic heterocycles. The van der Waals surface area contributed by atoms with Crippen LogP contribution in [0.15, 0.2) is 6.07 Å². The van der Waals surface area contributed by atoms with E-state index >= 15 is 0 Å². The molecule has 0 radical (unpaired) electrons. The number of carbonyl (C=O) groups is 1. The van der Waals surface area contributed by atoms with Crippen molar-refractivity contribution < 1.29 is 4.79 Å². The largest absolute Gasteiger partial charge is 0.336 e. The standard InChI is InChI=1S/C14H23N5O.ClH/c1-2-11-9-13(17-16-11)14(20)19-6-3-12(10-19)18-7-4-15-5-8-18;/h9,12,15H,2-8,10H2,1H3,(H,16,17);1H. The molecule has 0 aromatic carbocycles. The van der Waals surface area contributed by atoms with Crippen molar-refractivity contribution in [3.05, 3.63) is 17.5 Å². The fourth-order valence-corrected chi connectivity index (χ4v) is 3.09. The number of aromatic nitrogens is 2. The van der Waals surface area contributed by atoms with Gasteiger partial charge in [0.25, 0.3) is 5.91 Å². The van der Waals surface area contributed by atoms with Gasteiger partial charge in [-0.1, -0.05) is 6.92 Å². The second-order valence-electron chi connectivity index (χ2n) is 5.61. The topological polar surface area (TPSA) is 64.3 Å². The fourth-order valence-electron chi connectivity index (χ4n) is 3.09. The minimum absolute atomic E-state index is 0. The maximum Gasteiger partial charge on any atom is 0.274 e. The zero-order chi connectivity index (χ0) is 13.9. The molecule has 2 saturated heterocycles. The third-order valence-electron chi connectivity index (χ3n) is 4.35. The number of carbonyl (C=O) groups excluding carboxylic acids is 1. The van der Waals surface area contributed by atoms with E-state index < -0.39 is 0 Å². The molecule has 0 aliphatic carbocycles. The number of likely N-dealkylation sites (tertiary alicyclic amines) is 1. The Balaban J connectivity index is 0.00000161. The van der Waals surface area contributed by atoms with Crippen LogP contribution in [0.3, 0.4) is 0 Å². The number of aryl methyl sites for hydroxylation is 1. The van der Waals surface area contributed by atoms with E-state index in [9.17, 15) is 4.79 Å². The molecule has 0 saturated carbocycles. The number of aromatic amines is 1. The summed E-state index contributed by atoms with van der Waals surface area (Å²) in [6.45, 7) is 8.05. The van der Waals surface area contributed by atoms with Crippen LogP contribution in [0.5, 0.6) is 0 Å². The monoisotopic (exact) mass is 313 g/mol. The summed E-state index contributed by atoms with van der Waals surface area (Å²) in [6.07, 6.45) is 1.96. The number of nitrogens with one attached hydrogen (secondary N) is 2. The average Bonchev–Trinajstić information content (AvgIpc) is 3.17. The first-order valence-electron chi connectivity index (χ1n) is 7.56. The van der Waals surface area contributed by atoms with E-state index in [2.05, 4.69) is 27.3 Å². The summed E-state index contributed by atoms with van der Waals surface area (Å²) in [4.78, 5) is 16.9. The van der Waals surface area contributed by atoms with Crippen molar-refractivity contribution in [1.29, 1.82) is 0 Å². The van der Waals surface area contributed by atoms with Gasteiger partial charge in [-0.25, -0.2) is 0 Å². The Bertz CT molecular complexity index is 472. The van der Waals surface area contributed by atoms with E-state index in [1.165, 1.54) is 0 Å². The molecule has 6 nitrogen and oxygen atoms in total. The van der Waals surface area contributed by atoms with E-state index in [0.717, 1.165) is 57.8 Å². The molecule has 1 aromatic heterocycles. The van der Waals surface area contributed by atoms with Gasteiger partial charge in [0.1, 0.15) is 5.69 Å². The first kappa shape index (κ1) is 16.3. The Kier molecular flexibility index (Phi) is 5.61. The molecule has 0 spiro atoms. The summed E-state index contributed by atoms with van der Waals surface area (Å²) >= 11 is 0. The van der Waals surface area contributed by atoms with Gasteiger partial charge in [-0.15, -0.1) is 12.4 Å². The highest BCUT2D eigenvalue weighted by atomic mass is 35.5. The lowest BCUT2D eigenvalue weighted by Crippen LogP contribution is -2.49. The number of rotatable bonds is 3. The van der Waals surface area contributed by atoms with E-state index in [-0.39, 0.29) is 18.3 Å². The van der Waals surface area contributed by atoms with Gasteiger partial charge in [0.2, 0.25) is 0 Å². The van der Waals surface area contributed by atoms with Gasteiger partial charge < -0.3 is 10.2 Å². The van der Waals surface area contributed by atoms with E-state index in [0.29, 0.717) is 11.7 Å². The third-order valence-corrected chi connectivity index (χ3v) is 4.35. The van der Waals surface area contributed by atoms with Crippen molar-refractivity contribution in [2.45, 2.75) is 25.8 Å². The number of hydrogen-bond acceptors (Lipinski definition) is 4. The second-order valence-corrected chi connectivity index (χ2v) is 5.61. The highest BCUT2D eigenvalue weighted by molar-refractivity contribution is 5.92. The number of H-pyrrole nitrogens is 1. The van der Waals surface area contributed by atoms with Crippen molar-refractivity contribution in [2.75, 3.05) is 39.3 Å². The number of amides is 1. The minimum atomic E-state index is 0. The Hall–Kier alpha value is -1.11. The van der Waals surface area contributed by atoms with E-state index in [1.54, 1.807) is 0 Å². The van der Waals surface area contributed by atoms with Crippen LogP contribution >= 0.6 is 12.4 Å². The van der Waals surface area contributed by atoms with Crippen molar-refractivity contribution in [3.8, 4) is 0 Å². The maximum absolute atomic E-state index is 12.4. The molecule has 2 fully saturated rings. The van der Waals surface area contributed by atoms with Crippen molar-refractivity contribution in [3.63, 3.8) is 0 Å². The predicted octanol–water partition coefficient (Wildman–Crippen LogP) is 0.514. The van der Waals surface area contributed by atoms with Crippen LogP contribution in [-0.4, -0.2) is 71.2 Å². The molecule has 21 heavy (non-hydrogen) atoms. The quantitative estimate of drug-likeness (QED) is 0.853. The Morgan fingerprint density at radius 3 is 2.81 bits per heavy atom. The smallest absolute Gasteiger partial charge is 0.274 e. The van der Waals surface area contributed by atoms with Gasteiger partial charge in [0.05, 0.1) is 0 Å². The van der Waals surface area contributed by atoms with Crippen LogP contribution in [0, 0.1) is 0 Å². The summed E-state index contributed by atoms with van der Waals surface area (Å²) in [5, 5.41) is 10.4. The number of halogens is 1. The molecule has 3 heterocycles. The minimum Gasteiger partial charge on any atom is -0.336 e. The first-order valence-corrected chi connectivity index (χ1v) is 7.56. The van der Waals surface area contributed by atoms with Crippen molar-refractivity contribution in [1.82, 2.24) is 25.3 Å². The van der Waals surface area contributed by atoms with Gasteiger partial charge in [-0.3, -0.25) is 14.8 Å². The fraction of sp³-hybridized carbons (Fsp3) is 0.714. The Labute approximate surface area is 131 Å². The summed E-state index contributed by atoms with van der Waals surface area (Å²) < 4.78 is 0. The molecule has 0 bridgehead atoms. The van der Waals surface area contributed by atoms with Gasteiger partial charge in [-0.05, 0) is 18.9 Å². The van der Waals surface area contributed by atoms with E-state index in [4.69, 9.17) is 0 Å². The summed E-state index contributed by atoms with van der Waals surface area (Å²) in [5.41, 5.74) is 1.58. The highest BCUT2D eigenvalue weighted by Crippen LogP contribution is 2.18. The SMILES string of the molecule is CCc1cc(C(=O)N2CCC(N3CCNCC3)C2)n[nH]1.Cl. The van der Waals surface area contributed by atoms with Gasteiger partial charge in [-0.2, -0.15) is 5.10 Å². The summed E-state index contributed by atoms with van der Waals surface area (Å²) in [5.74, 6) is 0.0681. The molecule has 7 heteroatoms. The predicted molar refractivity (Wildman–Crippen MR) is 84.0 cm³/mol. The number of nitrogens with zero attached hydrogens (tertiary/aromatic N) is 3. The Morgan fingerprint density at radius 1 is 1.38 bits per heavy atom. The third kappa shape index (κ3) is 3.56. The molecular weight excluding hydrogens is 290 g/mol. The lowest BCUT2D eigenvalue weighted by molar-refractivity contribution is 0.0767. The number of hydrogen-bond donors (Lipinski definition) is 2. The second kappa shape index (κ2) is 7.24. The van der Waals surface area contributed by atoms with Gasteiger partial charge in [0.15, 0.2) is 0 Å². The Morgan fingerprint density at radius 2 is 2.14 bits per heavy atom. The molecule has 1 unspecified atom stereocenters. The van der Waals surface area contributed by atoms with Crippen molar-refractivity contribution >= 4 is 18.3 Å². The van der Waals surface area contributed by atoms with Crippen LogP contribution in [0.4, 0.5) is 0 Å². The van der Waals surface area contributed by atoms with Crippen molar-refractivity contribution in [2.24, 2.45) is 0 Å². The van der Waals surface area contributed by atoms with E-state index in [1.807, 2.05) is 11.0 Å². The molecule has 1 aromatic rings. The molecule has 118 valence electrons. The van der Waals surface area contributed by atoms with Gasteiger partial charge >= 0.3 is 0 Å². The zero-order valence-electron chi connectivity index (χ0n) is 12.5. The number of piperazine rings is 1. The maximum atomic E-state index is 12.4. The van der Waals surface area contributed by atoms with Crippen LogP contribution in [0.25, 0.3) is 0 Å². The molecule has 3 rings (SSSR count). The average molecular weight is 314 g/mol. The van der Waals surface area contributed by atoms with Gasteiger partial charge in [0, 0.05) is 51.0 Å². The summed E-state index contributed by atoms with van der Waals surface area (Å²) in [6, 6.07) is 2.39. The highest BCUT2D eigenvalue weighted by Gasteiger charge is 2.32. The molecule has 1 amide bonds.